The molecule has 0 aliphatic carbocycles. The minimum atomic E-state index is -0.711. The highest BCUT2D eigenvalue weighted by atomic mass is 19.1. The zero-order chi connectivity index (χ0) is 16.4. The topological polar surface area (TPSA) is 56.3 Å². The van der Waals surface area contributed by atoms with Gasteiger partial charge >= 0.3 is 0 Å². The van der Waals surface area contributed by atoms with Crippen LogP contribution in [0, 0.1) is 11.6 Å². The van der Waals surface area contributed by atoms with Crippen LogP contribution in [-0.2, 0) is 0 Å². The van der Waals surface area contributed by atoms with Gasteiger partial charge in [0, 0.05) is 5.39 Å². The lowest BCUT2D eigenvalue weighted by Gasteiger charge is -2.13. The number of benzene rings is 2. The third-order valence-electron chi connectivity index (χ3n) is 3.35. The molecular formula is C16H13F2N3O2. The predicted molar refractivity (Wildman–Crippen MR) is 82.3 cm³/mol. The Balaban J connectivity index is 2.16. The van der Waals surface area contributed by atoms with E-state index >= 15 is 0 Å². The Morgan fingerprint density at radius 2 is 1.70 bits per heavy atom. The van der Waals surface area contributed by atoms with E-state index in [2.05, 4.69) is 15.3 Å². The molecule has 5 nitrogen and oxygen atoms in total. The van der Waals surface area contributed by atoms with Crippen LogP contribution in [0.1, 0.15) is 0 Å². The summed E-state index contributed by atoms with van der Waals surface area (Å²) >= 11 is 0. The predicted octanol–water partition coefficient (Wildman–Crippen LogP) is 3.67. The van der Waals surface area contributed by atoms with Crippen molar-refractivity contribution in [2.24, 2.45) is 0 Å². The molecular weight excluding hydrogens is 304 g/mol. The smallest absolute Gasteiger partial charge is 0.187 e. The number of fused-ring (bicyclic) bond motifs is 1. The van der Waals surface area contributed by atoms with E-state index < -0.39 is 11.6 Å². The summed E-state index contributed by atoms with van der Waals surface area (Å²) in [4.78, 5) is 8.23. The van der Waals surface area contributed by atoms with Gasteiger partial charge < -0.3 is 14.8 Å². The lowest BCUT2D eigenvalue weighted by molar-refractivity contribution is 0.358. The fraction of sp³-hybridized carbons (Fsp3) is 0.125. The van der Waals surface area contributed by atoms with Crippen LogP contribution in [0.15, 0.2) is 36.7 Å². The van der Waals surface area contributed by atoms with Crippen molar-refractivity contribution in [1.82, 2.24) is 9.97 Å². The number of halogens is 2. The fourth-order valence-electron chi connectivity index (χ4n) is 2.28. The summed E-state index contributed by atoms with van der Waals surface area (Å²) < 4.78 is 38.1. The molecule has 0 fully saturated rings. The van der Waals surface area contributed by atoms with Gasteiger partial charge in [0.1, 0.15) is 35.0 Å². The number of para-hydroxylation sites is 1. The van der Waals surface area contributed by atoms with Crippen LogP contribution in [0.4, 0.5) is 20.3 Å². The molecule has 0 bridgehead atoms. The van der Waals surface area contributed by atoms with Gasteiger partial charge in [0.25, 0.3) is 0 Å². The van der Waals surface area contributed by atoms with Crippen LogP contribution >= 0.6 is 0 Å². The lowest BCUT2D eigenvalue weighted by atomic mass is 10.2. The number of nitrogens with one attached hydrogen (secondary N) is 1. The molecule has 0 unspecified atom stereocenters. The second kappa shape index (κ2) is 6.04. The van der Waals surface area contributed by atoms with Crippen molar-refractivity contribution in [1.29, 1.82) is 0 Å². The van der Waals surface area contributed by atoms with Gasteiger partial charge in [0.05, 0.1) is 14.2 Å². The van der Waals surface area contributed by atoms with Crippen LogP contribution in [0.3, 0.4) is 0 Å². The van der Waals surface area contributed by atoms with Gasteiger partial charge in [-0.25, -0.2) is 18.7 Å². The molecule has 118 valence electrons. The van der Waals surface area contributed by atoms with Gasteiger partial charge in [-0.3, -0.25) is 0 Å². The number of rotatable bonds is 4. The largest absolute Gasteiger partial charge is 0.493 e. The van der Waals surface area contributed by atoms with Gasteiger partial charge in [-0.1, -0.05) is 6.07 Å². The highest BCUT2D eigenvalue weighted by Gasteiger charge is 2.15. The van der Waals surface area contributed by atoms with E-state index in [4.69, 9.17) is 9.47 Å². The standard InChI is InChI=1S/C16H13F2N3O2/c1-22-12-7-6-9-13(15(12)23-2)19-8-20-16(9)21-14-10(17)4-3-5-11(14)18/h3-8H,1-2H3,(H,19,20,21). The Morgan fingerprint density at radius 3 is 2.35 bits per heavy atom. The normalized spacial score (nSPS) is 10.6. The molecule has 2 aromatic carbocycles. The third kappa shape index (κ3) is 2.61. The summed E-state index contributed by atoms with van der Waals surface area (Å²) in [5, 5.41) is 3.22. The maximum absolute atomic E-state index is 13.8. The molecule has 0 atom stereocenters. The van der Waals surface area contributed by atoms with Crippen molar-refractivity contribution >= 4 is 22.4 Å². The Hall–Kier alpha value is -2.96. The zero-order valence-electron chi connectivity index (χ0n) is 12.4. The van der Waals surface area contributed by atoms with E-state index in [0.717, 1.165) is 0 Å². The van der Waals surface area contributed by atoms with Crippen molar-refractivity contribution in [3.05, 3.63) is 48.3 Å². The molecule has 7 heteroatoms. The molecule has 1 N–H and O–H groups in total. The molecule has 3 aromatic rings. The maximum atomic E-state index is 13.8. The molecule has 0 aliphatic heterocycles. The first-order valence-corrected chi connectivity index (χ1v) is 6.72. The second-order valence-electron chi connectivity index (χ2n) is 4.64. The van der Waals surface area contributed by atoms with Crippen LogP contribution in [0.2, 0.25) is 0 Å². The number of aromatic nitrogens is 2. The average molecular weight is 317 g/mol. The lowest BCUT2D eigenvalue weighted by Crippen LogP contribution is -2.01. The van der Waals surface area contributed by atoms with Crippen LogP contribution in [-0.4, -0.2) is 24.2 Å². The first kappa shape index (κ1) is 15.0. The number of ether oxygens (including phenoxy) is 2. The molecule has 0 saturated heterocycles. The monoisotopic (exact) mass is 317 g/mol. The van der Waals surface area contributed by atoms with E-state index in [1.165, 1.54) is 38.7 Å². The van der Waals surface area contributed by atoms with Crippen LogP contribution in [0.5, 0.6) is 11.5 Å². The first-order chi connectivity index (χ1) is 11.2. The van der Waals surface area contributed by atoms with Crippen molar-refractivity contribution in [2.45, 2.75) is 0 Å². The minimum absolute atomic E-state index is 0.264. The highest BCUT2D eigenvalue weighted by molar-refractivity contribution is 5.95. The Kier molecular flexibility index (Phi) is 3.92. The summed E-state index contributed by atoms with van der Waals surface area (Å²) in [7, 11) is 3.00. The van der Waals surface area contributed by atoms with Gasteiger partial charge in [0.2, 0.25) is 0 Å². The minimum Gasteiger partial charge on any atom is -0.493 e. The zero-order valence-corrected chi connectivity index (χ0v) is 12.4. The van der Waals surface area contributed by atoms with Gasteiger partial charge in [-0.05, 0) is 24.3 Å². The van der Waals surface area contributed by atoms with Crippen LogP contribution in [0.25, 0.3) is 10.9 Å². The summed E-state index contributed by atoms with van der Waals surface area (Å²) in [6.45, 7) is 0. The SMILES string of the molecule is COc1ccc2c(Nc3c(F)cccc3F)ncnc2c1OC. The number of hydrogen-bond donors (Lipinski definition) is 1. The number of nitrogens with zero attached hydrogens (tertiary/aromatic N) is 2. The van der Waals surface area contributed by atoms with E-state index in [-0.39, 0.29) is 11.5 Å². The van der Waals surface area contributed by atoms with Crippen molar-refractivity contribution in [3.63, 3.8) is 0 Å². The molecule has 0 radical (unpaired) electrons. The Labute approximate surface area is 130 Å². The highest BCUT2D eigenvalue weighted by Crippen LogP contribution is 2.37. The molecule has 3 rings (SSSR count). The molecule has 23 heavy (non-hydrogen) atoms. The molecule has 1 aromatic heterocycles. The summed E-state index contributed by atoms with van der Waals surface area (Å²) in [5.74, 6) is -0.236. The van der Waals surface area contributed by atoms with E-state index in [9.17, 15) is 8.78 Å². The molecule has 0 spiro atoms. The van der Waals surface area contributed by atoms with Crippen molar-refractivity contribution in [2.75, 3.05) is 19.5 Å². The maximum Gasteiger partial charge on any atom is 0.187 e. The van der Waals surface area contributed by atoms with E-state index in [0.29, 0.717) is 22.4 Å². The van der Waals surface area contributed by atoms with E-state index in [1.807, 2.05) is 0 Å². The van der Waals surface area contributed by atoms with Crippen molar-refractivity contribution < 1.29 is 18.3 Å². The van der Waals surface area contributed by atoms with Crippen LogP contribution < -0.4 is 14.8 Å². The van der Waals surface area contributed by atoms with Gasteiger partial charge in [0.15, 0.2) is 11.5 Å². The van der Waals surface area contributed by atoms with Crippen molar-refractivity contribution in [3.8, 4) is 11.5 Å². The Bertz CT molecular complexity index is 851. The number of hydrogen-bond acceptors (Lipinski definition) is 5. The van der Waals surface area contributed by atoms with Gasteiger partial charge in [-0.2, -0.15) is 0 Å². The number of anilines is 2. The Morgan fingerprint density at radius 1 is 0.957 bits per heavy atom. The summed E-state index contributed by atoms with van der Waals surface area (Å²) in [5.41, 5.74) is 0.198. The molecule has 0 amide bonds. The molecule has 0 saturated carbocycles. The third-order valence-corrected chi connectivity index (χ3v) is 3.35. The van der Waals surface area contributed by atoms with Gasteiger partial charge in [-0.15, -0.1) is 0 Å². The average Bonchev–Trinajstić information content (AvgIpc) is 2.57. The fourth-order valence-corrected chi connectivity index (χ4v) is 2.28. The quantitative estimate of drug-likeness (QED) is 0.795. The summed E-state index contributed by atoms with van der Waals surface area (Å²) in [6.07, 6.45) is 1.28. The molecule has 0 aliphatic rings. The second-order valence-corrected chi connectivity index (χ2v) is 4.64. The number of methoxy groups -OCH3 is 2. The summed E-state index contributed by atoms with van der Waals surface area (Å²) in [6, 6.07) is 6.99. The molecule has 1 heterocycles. The van der Waals surface area contributed by atoms with E-state index in [1.54, 1.807) is 12.1 Å². The first-order valence-electron chi connectivity index (χ1n) is 6.72.